The zero-order valence-corrected chi connectivity index (χ0v) is 18.8. The van der Waals surface area contributed by atoms with Crippen molar-refractivity contribution < 1.29 is 13.2 Å². The standard InChI is InChI=1S/C22H24N4O3S2/c1-17-3-7-19(8-4-17)24-31(28,29)20-9-5-18(6-10-20)21(27)25-12-2-13-26(15-14-25)22-23-11-16-30-22/h3-11,16,24H,2,12-15H2,1H3. The number of aromatic nitrogens is 1. The Morgan fingerprint density at radius 1 is 1.00 bits per heavy atom. The van der Waals surface area contributed by atoms with Gasteiger partial charge in [0.05, 0.1) is 4.90 Å². The van der Waals surface area contributed by atoms with E-state index in [9.17, 15) is 13.2 Å². The summed E-state index contributed by atoms with van der Waals surface area (Å²) in [6.07, 6.45) is 2.65. The lowest BCUT2D eigenvalue weighted by atomic mass is 10.2. The second kappa shape index (κ2) is 9.07. The summed E-state index contributed by atoms with van der Waals surface area (Å²) in [6.45, 7) is 4.80. The highest BCUT2D eigenvalue weighted by Crippen LogP contribution is 2.21. The highest BCUT2D eigenvalue weighted by molar-refractivity contribution is 7.92. The minimum absolute atomic E-state index is 0.0866. The third-order valence-electron chi connectivity index (χ3n) is 5.19. The van der Waals surface area contributed by atoms with Crippen LogP contribution < -0.4 is 9.62 Å². The average Bonchev–Trinajstić information content (AvgIpc) is 3.19. The van der Waals surface area contributed by atoms with Gasteiger partial charge in [0.1, 0.15) is 0 Å². The molecule has 1 saturated heterocycles. The molecule has 0 unspecified atom stereocenters. The molecular formula is C22H24N4O3S2. The van der Waals surface area contributed by atoms with Crippen LogP contribution in [0.25, 0.3) is 0 Å². The lowest BCUT2D eigenvalue weighted by Gasteiger charge is -2.22. The molecule has 0 spiro atoms. The van der Waals surface area contributed by atoms with Crippen LogP contribution in [0.2, 0.25) is 0 Å². The number of nitrogens with zero attached hydrogens (tertiary/aromatic N) is 3. The topological polar surface area (TPSA) is 82.6 Å². The number of carbonyl (C=O) groups excluding carboxylic acids is 1. The lowest BCUT2D eigenvalue weighted by molar-refractivity contribution is 0.0767. The number of thiazole rings is 1. The summed E-state index contributed by atoms with van der Waals surface area (Å²) in [6, 6.07) is 13.2. The van der Waals surface area contributed by atoms with Gasteiger partial charge in [-0.05, 0) is 49.7 Å². The van der Waals surface area contributed by atoms with E-state index in [4.69, 9.17) is 0 Å². The predicted octanol–water partition coefficient (Wildman–Crippen LogP) is 3.60. The number of hydrogen-bond donors (Lipinski definition) is 1. The van der Waals surface area contributed by atoms with Crippen LogP contribution in [0.5, 0.6) is 0 Å². The molecule has 0 radical (unpaired) electrons. The molecule has 0 bridgehead atoms. The van der Waals surface area contributed by atoms with Crippen molar-refractivity contribution in [1.82, 2.24) is 9.88 Å². The molecule has 0 aliphatic carbocycles. The van der Waals surface area contributed by atoms with Gasteiger partial charge >= 0.3 is 0 Å². The van der Waals surface area contributed by atoms with Crippen LogP contribution >= 0.6 is 11.3 Å². The Balaban J connectivity index is 1.42. The van der Waals surface area contributed by atoms with E-state index < -0.39 is 10.0 Å². The van der Waals surface area contributed by atoms with Gasteiger partial charge in [-0.15, -0.1) is 11.3 Å². The van der Waals surface area contributed by atoms with Gasteiger partial charge in [-0.3, -0.25) is 9.52 Å². The van der Waals surface area contributed by atoms with Gasteiger partial charge in [-0.2, -0.15) is 0 Å². The molecule has 1 N–H and O–H groups in total. The molecule has 9 heteroatoms. The molecule has 31 heavy (non-hydrogen) atoms. The summed E-state index contributed by atoms with van der Waals surface area (Å²) >= 11 is 1.60. The Labute approximate surface area is 186 Å². The Morgan fingerprint density at radius 3 is 2.42 bits per heavy atom. The number of carbonyl (C=O) groups is 1. The van der Waals surface area contributed by atoms with Crippen LogP contribution in [-0.4, -0.2) is 50.4 Å². The highest BCUT2D eigenvalue weighted by Gasteiger charge is 2.22. The fourth-order valence-corrected chi connectivity index (χ4v) is 5.23. The van der Waals surface area contributed by atoms with Gasteiger partial charge in [0.2, 0.25) is 0 Å². The first kappa shape index (κ1) is 21.3. The molecule has 0 saturated carbocycles. The number of amides is 1. The van der Waals surface area contributed by atoms with Crippen LogP contribution in [0.3, 0.4) is 0 Å². The summed E-state index contributed by atoms with van der Waals surface area (Å²) < 4.78 is 27.9. The number of nitrogens with one attached hydrogen (secondary N) is 1. The molecule has 3 aromatic rings. The van der Waals surface area contributed by atoms with E-state index in [0.29, 0.717) is 24.3 Å². The fraction of sp³-hybridized carbons (Fsp3) is 0.273. The van der Waals surface area contributed by atoms with E-state index in [1.807, 2.05) is 29.3 Å². The first-order chi connectivity index (χ1) is 14.9. The highest BCUT2D eigenvalue weighted by atomic mass is 32.2. The summed E-state index contributed by atoms with van der Waals surface area (Å²) in [7, 11) is -3.72. The van der Waals surface area contributed by atoms with Crippen molar-refractivity contribution in [3.05, 3.63) is 71.2 Å². The van der Waals surface area contributed by atoms with Gasteiger partial charge in [0.25, 0.3) is 15.9 Å². The molecule has 4 rings (SSSR count). The number of rotatable bonds is 5. The second-order valence-corrected chi connectivity index (χ2v) is 10.00. The number of aryl methyl sites for hydroxylation is 1. The SMILES string of the molecule is Cc1ccc(NS(=O)(=O)c2ccc(C(=O)N3CCCN(c4nccs4)CC3)cc2)cc1. The van der Waals surface area contributed by atoms with Crippen LogP contribution in [0, 0.1) is 6.92 Å². The van der Waals surface area contributed by atoms with Crippen molar-refractivity contribution in [2.45, 2.75) is 18.2 Å². The molecule has 1 fully saturated rings. The fourth-order valence-electron chi connectivity index (χ4n) is 3.48. The van der Waals surface area contributed by atoms with Crippen molar-refractivity contribution >= 4 is 38.1 Å². The maximum atomic E-state index is 13.0. The van der Waals surface area contributed by atoms with E-state index in [-0.39, 0.29) is 10.8 Å². The first-order valence-electron chi connectivity index (χ1n) is 10.1. The molecule has 2 heterocycles. The number of sulfonamides is 1. The third kappa shape index (κ3) is 5.05. The Hall–Kier alpha value is -2.91. The average molecular weight is 457 g/mol. The van der Waals surface area contributed by atoms with E-state index in [2.05, 4.69) is 14.6 Å². The molecule has 1 aliphatic heterocycles. The van der Waals surface area contributed by atoms with Gasteiger partial charge in [-0.25, -0.2) is 13.4 Å². The summed E-state index contributed by atoms with van der Waals surface area (Å²) in [5.41, 5.74) is 2.03. The van der Waals surface area contributed by atoms with Crippen molar-refractivity contribution in [2.24, 2.45) is 0 Å². The maximum Gasteiger partial charge on any atom is 0.261 e. The normalized spacial score (nSPS) is 14.9. The van der Waals surface area contributed by atoms with Gasteiger partial charge in [0.15, 0.2) is 5.13 Å². The second-order valence-electron chi connectivity index (χ2n) is 7.44. The van der Waals surface area contributed by atoms with Crippen molar-refractivity contribution in [3.63, 3.8) is 0 Å². The molecule has 1 aromatic heterocycles. The summed E-state index contributed by atoms with van der Waals surface area (Å²) in [5.74, 6) is -0.0866. The minimum atomic E-state index is -3.72. The van der Waals surface area contributed by atoms with Crippen LogP contribution in [0.15, 0.2) is 65.0 Å². The lowest BCUT2D eigenvalue weighted by Crippen LogP contribution is -2.35. The van der Waals surface area contributed by atoms with Gasteiger partial charge < -0.3 is 9.80 Å². The zero-order chi connectivity index (χ0) is 21.8. The van der Waals surface area contributed by atoms with Crippen molar-refractivity contribution in [1.29, 1.82) is 0 Å². The van der Waals surface area contributed by atoms with Crippen molar-refractivity contribution in [2.75, 3.05) is 35.8 Å². The smallest absolute Gasteiger partial charge is 0.261 e. The zero-order valence-electron chi connectivity index (χ0n) is 17.2. The van der Waals surface area contributed by atoms with Crippen LogP contribution in [0.4, 0.5) is 10.8 Å². The first-order valence-corrected chi connectivity index (χ1v) is 12.4. The molecule has 0 atom stereocenters. The Kier molecular flexibility index (Phi) is 6.24. The Bertz CT molecular complexity index is 1130. The molecule has 1 aliphatic rings. The summed E-state index contributed by atoms with van der Waals surface area (Å²) in [5, 5.41) is 2.93. The minimum Gasteiger partial charge on any atom is -0.346 e. The third-order valence-corrected chi connectivity index (χ3v) is 7.42. The quantitative estimate of drug-likeness (QED) is 0.634. The Morgan fingerprint density at radius 2 is 1.74 bits per heavy atom. The molecule has 162 valence electrons. The number of anilines is 2. The number of benzene rings is 2. The van der Waals surface area contributed by atoms with Crippen molar-refractivity contribution in [3.8, 4) is 0 Å². The van der Waals surface area contributed by atoms with E-state index in [0.717, 1.165) is 30.2 Å². The predicted molar refractivity (Wildman–Crippen MR) is 123 cm³/mol. The van der Waals surface area contributed by atoms with Gasteiger partial charge in [-0.1, -0.05) is 17.7 Å². The van der Waals surface area contributed by atoms with Gasteiger partial charge in [0, 0.05) is 49.0 Å². The molecule has 7 nitrogen and oxygen atoms in total. The molecule has 1 amide bonds. The number of hydrogen-bond acceptors (Lipinski definition) is 6. The largest absolute Gasteiger partial charge is 0.346 e. The van der Waals surface area contributed by atoms with E-state index >= 15 is 0 Å². The van der Waals surface area contributed by atoms with E-state index in [1.54, 1.807) is 41.8 Å². The monoisotopic (exact) mass is 456 g/mol. The molecule has 2 aromatic carbocycles. The van der Waals surface area contributed by atoms with Crippen LogP contribution in [-0.2, 0) is 10.0 Å². The van der Waals surface area contributed by atoms with E-state index in [1.165, 1.54) is 12.1 Å². The maximum absolute atomic E-state index is 13.0. The summed E-state index contributed by atoms with van der Waals surface area (Å²) in [4.78, 5) is 21.5. The van der Waals surface area contributed by atoms with Crippen LogP contribution in [0.1, 0.15) is 22.3 Å². The molecular weight excluding hydrogens is 432 g/mol.